The molecule has 5 heteroatoms. The molecule has 0 aliphatic rings. The number of carbonyl (C=O) groups excluding carboxylic acids is 1. The Morgan fingerprint density at radius 1 is 1.47 bits per heavy atom. The molecule has 2 N–H and O–H groups in total. The summed E-state index contributed by atoms with van der Waals surface area (Å²) in [4.78, 5) is 12.3. The van der Waals surface area contributed by atoms with E-state index in [-0.39, 0.29) is 18.6 Å². The zero-order valence-electron chi connectivity index (χ0n) is 11.0. The third-order valence-corrected chi connectivity index (χ3v) is 3.69. The first-order valence-corrected chi connectivity index (χ1v) is 6.62. The molecular weight excluding hydrogens is 264 g/mol. The number of hydrogen-bond acceptors (Lipinski definition) is 2. The summed E-state index contributed by atoms with van der Waals surface area (Å²) in [6.45, 7) is 1.83. The van der Waals surface area contributed by atoms with Gasteiger partial charge in [0.05, 0.1) is 17.7 Å². The van der Waals surface area contributed by atoms with Crippen molar-refractivity contribution < 1.29 is 9.90 Å². The first-order valence-electron chi connectivity index (χ1n) is 6.24. The van der Waals surface area contributed by atoms with E-state index in [4.69, 9.17) is 16.7 Å². The minimum Gasteiger partial charge on any atom is -0.394 e. The molecule has 1 amide bonds. The van der Waals surface area contributed by atoms with Crippen LogP contribution in [0.1, 0.15) is 23.8 Å². The highest BCUT2D eigenvalue weighted by Gasteiger charge is 2.21. The third kappa shape index (κ3) is 2.46. The lowest BCUT2D eigenvalue weighted by molar-refractivity contribution is 0.0907. The normalized spacial score (nSPS) is 12.6. The number of halogens is 1. The summed E-state index contributed by atoms with van der Waals surface area (Å²) in [5.41, 5.74) is 1.34. The lowest BCUT2D eigenvalue weighted by Gasteiger charge is -2.14. The van der Waals surface area contributed by atoms with Crippen molar-refractivity contribution in [2.75, 3.05) is 6.61 Å². The molecule has 102 valence electrons. The van der Waals surface area contributed by atoms with Crippen LogP contribution < -0.4 is 5.32 Å². The number of rotatable bonds is 4. The molecule has 0 saturated carbocycles. The molecule has 1 atom stereocenters. The predicted molar refractivity (Wildman–Crippen MR) is 76.6 cm³/mol. The SMILES string of the molecule is CCC(CO)NC(=O)c1c(Cl)c2ccccc2n1C. The van der Waals surface area contributed by atoms with Gasteiger partial charge in [0.25, 0.3) is 5.91 Å². The minimum absolute atomic E-state index is 0.0796. The molecule has 0 saturated heterocycles. The molecule has 0 aliphatic carbocycles. The summed E-state index contributed by atoms with van der Waals surface area (Å²) < 4.78 is 1.77. The van der Waals surface area contributed by atoms with Gasteiger partial charge < -0.3 is 15.0 Å². The highest BCUT2D eigenvalue weighted by atomic mass is 35.5. The Labute approximate surface area is 117 Å². The Hall–Kier alpha value is -1.52. The van der Waals surface area contributed by atoms with Gasteiger partial charge in [0.1, 0.15) is 5.69 Å². The van der Waals surface area contributed by atoms with Crippen LogP contribution in [0.2, 0.25) is 5.02 Å². The highest BCUT2D eigenvalue weighted by Crippen LogP contribution is 2.29. The van der Waals surface area contributed by atoms with Gasteiger partial charge in [-0.05, 0) is 12.5 Å². The van der Waals surface area contributed by atoms with Gasteiger partial charge in [0.15, 0.2) is 0 Å². The second kappa shape index (κ2) is 5.63. The molecule has 2 rings (SSSR count). The van der Waals surface area contributed by atoms with E-state index in [0.717, 1.165) is 10.9 Å². The average molecular weight is 281 g/mol. The van der Waals surface area contributed by atoms with Crippen molar-refractivity contribution in [3.05, 3.63) is 35.0 Å². The fourth-order valence-electron chi connectivity index (χ4n) is 2.13. The topological polar surface area (TPSA) is 54.3 Å². The monoisotopic (exact) mass is 280 g/mol. The number of aromatic nitrogens is 1. The molecule has 4 nitrogen and oxygen atoms in total. The first-order chi connectivity index (χ1) is 9.10. The van der Waals surface area contributed by atoms with Crippen molar-refractivity contribution in [2.45, 2.75) is 19.4 Å². The van der Waals surface area contributed by atoms with Gasteiger partial charge in [-0.1, -0.05) is 36.7 Å². The van der Waals surface area contributed by atoms with Crippen molar-refractivity contribution in [3.8, 4) is 0 Å². The maximum atomic E-state index is 12.3. The van der Waals surface area contributed by atoms with E-state index in [9.17, 15) is 4.79 Å². The Morgan fingerprint density at radius 3 is 2.74 bits per heavy atom. The summed E-state index contributed by atoms with van der Waals surface area (Å²) >= 11 is 6.28. The molecular formula is C14H17ClN2O2. The van der Waals surface area contributed by atoms with Gasteiger partial charge in [-0.25, -0.2) is 0 Å². The van der Waals surface area contributed by atoms with E-state index in [2.05, 4.69) is 5.32 Å². The van der Waals surface area contributed by atoms with Crippen molar-refractivity contribution in [3.63, 3.8) is 0 Å². The van der Waals surface area contributed by atoms with Crippen molar-refractivity contribution in [1.29, 1.82) is 0 Å². The molecule has 1 heterocycles. The Morgan fingerprint density at radius 2 is 2.16 bits per heavy atom. The number of fused-ring (bicyclic) bond motifs is 1. The smallest absolute Gasteiger partial charge is 0.269 e. The maximum Gasteiger partial charge on any atom is 0.269 e. The molecule has 0 bridgehead atoms. The van der Waals surface area contributed by atoms with Crippen LogP contribution in [-0.2, 0) is 7.05 Å². The van der Waals surface area contributed by atoms with E-state index in [1.807, 2.05) is 38.2 Å². The summed E-state index contributed by atoms with van der Waals surface area (Å²) in [7, 11) is 1.81. The Bertz CT molecular complexity index is 564. The zero-order chi connectivity index (χ0) is 14.0. The fraction of sp³-hybridized carbons (Fsp3) is 0.357. The molecule has 0 aliphatic heterocycles. The fourth-order valence-corrected chi connectivity index (χ4v) is 2.50. The van der Waals surface area contributed by atoms with Gasteiger partial charge in [-0.15, -0.1) is 0 Å². The number of nitrogens with one attached hydrogen (secondary N) is 1. The van der Waals surface area contributed by atoms with Crippen LogP contribution in [0.3, 0.4) is 0 Å². The summed E-state index contributed by atoms with van der Waals surface area (Å²) in [6.07, 6.45) is 0.670. The zero-order valence-corrected chi connectivity index (χ0v) is 11.7. The number of amides is 1. The minimum atomic E-state index is -0.260. The molecule has 0 spiro atoms. The lowest BCUT2D eigenvalue weighted by Crippen LogP contribution is -2.37. The summed E-state index contributed by atoms with van der Waals surface area (Å²) in [5, 5.41) is 13.2. The molecule has 0 fully saturated rings. The highest BCUT2D eigenvalue weighted by molar-refractivity contribution is 6.38. The number of nitrogens with zero attached hydrogens (tertiary/aromatic N) is 1. The molecule has 1 unspecified atom stereocenters. The van der Waals surface area contributed by atoms with Crippen LogP contribution in [0, 0.1) is 0 Å². The van der Waals surface area contributed by atoms with Crippen LogP contribution in [0.5, 0.6) is 0 Å². The van der Waals surface area contributed by atoms with Crippen LogP contribution >= 0.6 is 11.6 Å². The van der Waals surface area contributed by atoms with Gasteiger partial charge in [0, 0.05) is 18.0 Å². The van der Waals surface area contributed by atoms with Crippen molar-refractivity contribution in [2.24, 2.45) is 7.05 Å². The number of hydrogen-bond donors (Lipinski definition) is 2. The van der Waals surface area contributed by atoms with Crippen LogP contribution in [0.25, 0.3) is 10.9 Å². The third-order valence-electron chi connectivity index (χ3n) is 3.31. The summed E-state index contributed by atoms with van der Waals surface area (Å²) in [6, 6.07) is 7.35. The molecule has 0 radical (unpaired) electrons. The van der Waals surface area contributed by atoms with E-state index < -0.39 is 0 Å². The Kier molecular flexibility index (Phi) is 4.12. The van der Waals surface area contributed by atoms with E-state index in [0.29, 0.717) is 17.1 Å². The van der Waals surface area contributed by atoms with E-state index >= 15 is 0 Å². The largest absolute Gasteiger partial charge is 0.394 e. The number of benzene rings is 1. The second-order valence-electron chi connectivity index (χ2n) is 4.50. The number of aliphatic hydroxyl groups is 1. The molecule has 1 aromatic carbocycles. The van der Waals surface area contributed by atoms with Gasteiger partial charge in [-0.2, -0.15) is 0 Å². The molecule has 1 aromatic heterocycles. The summed E-state index contributed by atoms with van der Waals surface area (Å²) in [5.74, 6) is -0.260. The van der Waals surface area contributed by atoms with Gasteiger partial charge in [-0.3, -0.25) is 4.79 Å². The lowest BCUT2D eigenvalue weighted by atomic mass is 10.2. The van der Waals surface area contributed by atoms with E-state index in [1.165, 1.54) is 0 Å². The second-order valence-corrected chi connectivity index (χ2v) is 4.88. The standard InChI is InChI=1S/C14H17ClN2O2/c1-3-9(8-18)16-14(19)13-12(15)10-6-4-5-7-11(10)17(13)2/h4-7,9,18H,3,8H2,1-2H3,(H,16,19). The average Bonchev–Trinajstić information content (AvgIpc) is 2.69. The van der Waals surface area contributed by atoms with Crippen molar-refractivity contribution >= 4 is 28.4 Å². The quantitative estimate of drug-likeness (QED) is 0.903. The number of para-hydroxylation sites is 1. The van der Waals surface area contributed by atoms with E-state index in [1.54, 1.807) is 4.57 Å². The van der Waals surface area contributed by atoms with Crippen LogP contribution in [-0.4, -0.2) is 28.2 Å². The number of aliphatic hydroxyl groups excluding tert-OH is 1. The number of aryl methyl sites for hydroxylation is 1. The maximum absolute atomic E-state index is 12.3. The van der Waals surface area contributed by atoms with Crippen LogP contribution in [0.15, 0.2) is 24.3 Å². The molecule has 2 aromatic rings. The van der Waals surface area contributed by atoms with Gasteiger partial charge >= 0.3 is 0 Å². The molecule has 19 heavy (non-hydrogen) atoms. The Balaban J connectivity index is 2.42. The van der Waals surface area contributed by atoms with Crippen molar-refractivity contribution in [1.82, 2.24) is 9.88 Å². The number of carbonyl (C=O) groups is 1. The van der Waals surface area contributed by atoms with Crippen LogP contribution in [0.4, 0.5) is 0 Å². The predicted octanol–water partition coefficient (Wildman–Crippen LogP) is 2.33. The van der Waals surface area contributed by atoms with Gasteiger partial charge in [0.2, 0.25) is 0 Å². The first kappa shape index (κ1) is 13.9.